The molecular weight excluding hydrogens is 224 g/mol. The first-order valence-electron chi connectivity index (χ1n) is 7.83. The Morgan fingerprint density at radius 3 is 2.72 bits per heavy atom. The highest BCUT2D eigenvalue weighted by Crippen LogP contribution is 2.38. The number of hydrogen-bond acceptors (Lipinski definition) is 3. The van der Waals surface area contributed by atoms with Gasteiger partial charge in [0, 0.05) is 31.2 Å². The molecule has 5 unspecified atom stereocenters. The fourth-order valence-corrected chi connectivity index (χ4v) is 4.04. The van der Waals surface area contributed by atoms with Crippen LogP contribution in [0.4, 0.5) is 0 Å². The lowest BCUT2D eigenvalue weighted by molar-refractivity contribution is 0.0237. The summed E-state index contributed by atoms with van der Waals surface area (Å²) in [6.45, 7) is 9.36. The second-order valence-corrected chi connectivity index (χ2v) is 6.69. The van der Waals surface area contributed by atoms with Crippen molar-refractivity contribution in [3.63, 3.8) is 0 Å². The molecule has 2 bridgehead atoms. The number of ether oxygens (including phenoxy) is 1. The van der Waals surface area contributed by atoms with Crippen LogP contribution < -0.4 is 5.32 Å². The monoisotopic (exact) mass is 252 g/mol. The van der Waals surface area contributed by atoms with E-state index in [4.69, 9.17) is 4.74 Å². The molecule has 3 rings (SSSR count). The first-order valence-corrected chi connectivity index (χ1v) is 7.83. The van der Waals surface area contributed by atoms with Crippen LogP contribution in [0.1, 0.15) is 46.5 Å². The summed E-state index contributed by atoms with van der Waals surface area (Å²) in [5, 5.41) is 3.73. The van der Waals surface area contributed by atoms with Crippen molar-refractivity contribution in [2.45, 2.75) is 76.8 Å². The lowest BCUT2D eigenvalue weighted by atomic mass is 9.90. The molecule has 0 radical (unpaired) electrons. The number of rotatable bonds is 3. The third-order valence-corrected chi connectivity index (χ3v) is 5.27. The van der Waals surface area contributed by atoms with Crippen LogP contribution >= 0.6 is 0 Å². The summed E-state index contributed by atoms with van der Waals surface area (Å²) in [6, 6.07) is 2.08. The molecule has 0 spiro atoms. The van der Waals surface area contributed by atoms with E-state index in [0.717, 1.165) is 12.5 Å². The van der Waals surface area contributed by atoms with Crippen LogP contribution in [-0.4, -0.2) is 48.3 Å². The third kappa shape index (κ3) is 2.21. The predicted molar refractivity (Wildman–Crippen MR) is 73.7 cm³/mol. The van der Waals surface area contributed by atoms with Gasteiger partial charge in [-0.2, -0.15) is 0 Å². The van der Waals surface area contributed by atoms with Gasteiger partial charge < -0.3 is 10.1 Å². The van der Waals surface area contributed by atoms with Gasteiger partial charge in [0.1, 0.15) is 0 Å². The molecule has 3 fully saturated rings. The molecule has 1 N–H and O–H groups in total. The first kappa shape index (κ1) is 12.9. The highest BCUT2D eigenvalue weighted by molar-refractivity contribution is 5.00. The molecule has 3 aliphatic rings. The summed E-state index contributed by atoms with van der Waals surface area (Å²) in [7, 11) is 0. The van der Waals surface area contributed by atoms with Gasteiger partial charge in [0.15, 0.2) is 0 Å². The molecule has 0 aromatic rings. The molecule has 3 nitrogen and oxygen atoms in total. The summed E-state index contributed by atoms with van der Waals surface area (Å²) in [5.41, 5.74) is 0. The van der Waals surface area contributed by atoms with Crippen molar-refractivity contribution in [3.8, 4) is 0 Å². The van der Waals surface area contributed by atoms with E-state index in [9.17, 15) is 0 Å². The number of hydrogen-bond donors (Lipinski definition) is 1. The number of nitrogens with one attached hydrogen (secondary N) is 1. The maximum atomic E-state index is 6.06. The van der Waals surface area contributed by atoms with E-state index in [1.807, 2.05) is 0 Å². The Morgan fingerprint density at radius 2 is 2.17 bits per heavy atom. The first-order chi connectivity index (χ1) is 8.69. The second kappa shape index (κ2) is 5.10. The van der Waals surface area contributed by atoms with Crippen molar-refractivity contribution in [1.82, 2.24) is 10.2 Å². The molecular formula is C15H28N2O. The van der Waals surface area contributed by atoms with Crippen LogP contribution in [0, 0.1) is 5.92 Å². The molecule has 3 saturated heterocycles. The van der Waals surface area contributed by atoms with Gasteiger partial charge in [-0.25, -0.2) is 0 Å². The van der Waals surface area contributed by atoms with Crippen molar-refractivity contribution in [2.75, 3.05) is 13.1 Å². The zero-order chi connectivity index (χ0) is 12.7. The Kier molecular flexibility index (Phi) is 3.65. The lowest BCUT2D eigenvalue weighted by Crippen LogP contribution is -2.62. The molecule has 104 valence electrons. The largest absolute Gasteiger partial charge is 0.373 e. The van der Waals surface area contributed by atoms with Crippen LogP contribution in [0.15, 0.2) is 0 Å². The van der Waals surface area contributed by atoms with Crippen LogP contribution in [-0.2, 0) is 4.74 Å². The molecule has 0 amide bonds. The minimum absolute atomic E-state index is 0.537. The normalized spacial score (nSPS) is 45.0. The Morgan fingerprint density at radius 1 is 1.33 bits per heavy atom. The average Bonchev–Trinajstić information content (AvgIpc) is 3.00. The quantitative estimate of drug-likeness (QED) is 0.831. The van der Waals surface area contributed by atoms with Crippen LogP contribution in [0.2, 0.25) is 0 Å². The van der Waals surface area contributed by atoms with Gasteiger partial charge in [0.25, 0.3) is 0 Å². The van der Waals surface area contributed by atoms with Crippen LogP contribution in [0.5, 0.6) is 0 Å². The van der Waals surface area contributed by atoms with E-state index in [-0.39, 0.29) is 0 Å². The van der Waals surface area contributed by atoms with Gasteiger partial charge in [-0.1, -0.05) is 20.8 Å². The van der Waals surface area contributed by atoms with Crippen molar-refractivity contribution in [3.05, 3.63) is 0 Å². The maximum Gasteiger partial charge on any atom is 0.0736 e. The summed E-state index contributed by atoms with van der Waals surface area (Å²) < 4.78 is 6.06. The summed E-state index contributed by atoms with van der Waals surface area (Å²) in [4.78, 5) is 2.78. The molecule has 0 aromatic heterocycles. The van der Waals surface area contributed by atoms with Gasteiger partial charge in [0.05, 0.1) is 12.2 Å². The Labute approximate surface area is 111 Å². The summed E-state index contributed by atoms with van der Waals surface area (Å²) >= 11 is 0. The fourth-order valence-electron chi connectivity index (χ4n) is 4.04. The molecule has 3 heterocycles. The van der Waals surface area contributed by atoms with Gasteiger partial charge in [0.2, 0.25) is 0 Å². The maximum absolute atomic E-state index is 6.06. The summed E-state index contributed by atoms with van der Waals surface area (Å²) in [5.74, 6) is 0.727. The molecule has 0 saturated carbocycles. The number of piperazine rings is 1. The minimum atomic E-state index is 0.537. The highest BCUT2D eigenvalue weighted by Gasteiger charge is 2.46. The van der Waals surface area contributed by atoms with E-state index in [1.54, 1.807) is 0 Å². The number of fused-ring (bicyclic) bond motifs is 2. The van der Waals surface area contributed by atoms with Gasteiger partial charge >= 0.3 is 0 Å². The van der Waals surface area contributed by atoms with Gasteiger partial charge in [-0.05, 0) is 31.6 Å². The van der Waals surface area contributed by atoms with E-state index in [1.165, 1.54) is 32.2 Å². The Balaban J connectivity index is 1.70. The number of nitrogens with zero attached hydrogens (tertiary/aromatic N) is 1. The summed E-state index contributed by atoms with van der Waals surface area (Å²) in [6.07, 6.45) is 6.25. The van der Waals surface area contributed by atoms with E-state index in [0.29, 0.717) is 30.3 Å². The molecule has 3 heteroatoms. The van der Waals surface area contributed by atoms with Crippen molar-refractivity contribution < 1.29 is 4.74 Å². The smallest absolute Gasteiger partial charge is 0.0736 e. The van der Waals surface area contributed by atoms with Crippen LogP contribution in [0.3, 0.4) is 0 Å². The Bertz CT molecular complexity index is 294. The fraction of sp³-hybridized carbons (Fsp3) is 1.00. The van der Waals surface area contributed by atoms with Crippen molar-refractivity contribution >= 4 is 0 Å². The topological polar surface area (TPSA) is 24.5 Å². The van der Waals surface area contributed by atoms with E-state index >= 15 is 0 Å². The average molecular weight is 252 g/mol. The molecule has 0 aromatic carbocycles. The molecule has 0 aliphatic carbocycles. The SMILES string of the molecule is CCC1CNC(C(C)C)CN1C1CC2CCC1O2. The Hall–Kier alpha value is -0.120. The van der Waals surface area contributed by atoms with E-state index in [2.05, 4.69) is 31.0 Å². The minimum Gasteiger partial charge on any atom is -0.373 e. The zero-order valence-corrected chi connectivity index (χ0v) is 12.1. The second-order valence-electron chi connectivity index (χ2n) is 6.69. The van der Waals surface area contributed by atoms with Gasteiger partial charge in [-0.3, -0.25) is 4.90 Å². The van der Waals surface area contributed by atoms with Gasteiger partial charge in [-0.15, -0.1) is 0 Å². The molecule has 18 heavy (non-hydrogen) atoms. The molecule has 5 atom stereocenters. The van der Waals surface area contributed by atoms with E-state index < -0.39 is 0 Å². The lowest BCUT2D eigenvalue weighted by Gasteiger charge is -2.46. The van der Waals surface area contributed by atoms with Crippen molar-refractivity contribution in [1.29, 1.82) is 0 Å². The van der Waals surface area contributed by atoms with Crippen molar-refractivity contribution in [2.24, 2.45) is 5.92 Å². The highest BCUT2D eigenvalue weighted by atomic mass is 16.5. The standard InChI is InChI=1S/C15H28N2O/c1-4-11-8-16-13(10(2)3)9-17(11)14-7-12-5-6-15(14)18-12/h10-16H,4-9H2,1-3H3. The zero-order valence-electron chi connectivity index (χ0n) is 12.1. The third-order valence-electron chi connectivity index (χ3n) is 5.27. The predicted octanol–water partition coefficient (Wildman–Crippen LogP) is 2.01. The van der Waals surface area contributed by atoms with Crippen LogP contribution in [0.25, 0.3) is 0 Å². The molecule has 3 aliphatic heterocycles.